The van der Waals surface area contributed by atoms with E-state index < -0.39 is 5.97 Å². The standard InChI is InChI=1S/C13H18BrNO3/c1-18-12-6-5-10(8-11(12)14)9-15-7-3-2-4-13(16)17/h5-6,8,15H,2-4,7,9H2,1H3,(H,16,17). The van der Waals surface area contributed by atoms with Gasteiger partial charge in [-0.05, 0) is 53.0 Å². The zero-order chi connectivity index (χ0) is 13.4. The lowest BCUT2D eigenvalue weighted by molar-refractivity contribution is -0.137. The second-order valence-electron chi connectivity index (χ2n) is 4.00. The second kappa shape index (κ2) is 8.11. The minimum absolute atomic E-state index is 0.246. The van der Waals surface area contributed by atoms with Crippen molar-refractivity contribution in [1.29, 1.82) is 0 Å². The highest BCUT2D eigenvalue weighted by Gasteiger charge is 2.01. The Kier molecular flexibility index (Phi) is 6.75. The third-order valence-corrected chi connectivity index (χ3v) is 3.16. The molecule has 0 saturated heterocycles. The molecule has 1 aromatic carbocycles. The molecule has 0 fully saturated rings. The first-order valence-electron chi connectivity index (χ1n) is 5.88. The van der Waals surface area contributed by atoms with Crippen LogP contribution in [0.15, 0.2) is 22.7 Å². The van der Waals surface area contributed by atoms with Gasteiger partial charge in [0.2, 0.25) is 0 Å². The van der Waals surface area contributed by atoms with Crippen LogP contribution in [0.3, 0.4) is 0 Å². The maximum atomic E-state index is 10.3. The monoisotopic (exact) mass is 315 g/mol. The smallest absolute Gasteiger partial charge is 0.303 e. The molecule has 0 aromatic heterocycles. The molecule has 2 N–H and O–H groups in total. The molecule has 0 aliphatic carbocycles. The fourth-order valence-electron chi connectivity index (χ4n) is 1.58. The van der Waals surface area contributed by atoms with Gasteiger partial charge >= 0.3 is 5.97 Å². The number of nitrogens with one attached hydrogen (secondary N) is 1. The highest BCUT2D eigenvalue weighted by atomic mass is 79.9. The van der Waals surface area contributed by atoms with Gasteiger partial charge < -0.3 is 15.2 Å². The summed E-state index contributed by atoms with van der Waals surface area (Å²) in [7, 11) is 1.64. The predicted octanol–water partition coefficient (Wildman–Crippen LogP) is 2.80. The van der Waals surface area contributed by atoms with E-state index in [9.17, 15) is 4.79 Å². The number of aliphatic carboxylic acids is 1. The van der Waals surface area contributed by atoms with Crippen molar-refractivity contribution in [1.82, 2.24) is 5.32 Å². The SMILES string of the molecule is COc1ccc(CNCCCCC(=O)O)cc1Br. The number of carboxylic acids is 1. The Labute approximate surface area is 115 Å². The predicted molar refractivity (Wildman–Crippen MR) is 73.9 cm³/mol. The van der Waals surface area contributed by atoms with E-state index in [2.05, 4.69) is 21.2 Å². The maximum absolute atomic E-state index is 10.3. The maximum Gasteiger partial charge on any atom is 0.303 e. The Morgan fingerprint density at radius 1 is 1.44 bits per heavy atom. The van der Waals surface area contributed by atoms with Gasteiger partial charge in [-0.1, -0.05) is 6.07 Å². The number of hydrogen-bond donors (Lipinski definition) is 2. The van der Waals surface area contributed by atoms with E-state index in [-0.39, 0.29) is 6.42 Å². The number of hydrogen-bond acceptors (Lipinski definition) is 3. The second-order valence-corrected chi connectivity index (χ2v) is 4.85. The lowest BCUT2D eigenvalue weighted by atomic mass is 10.2. The number of halogens is 1. The van der Waals surface area contributed by atoms with Crippen molar-refractivity contribution in [3.05, 3.63) is 28.2 Å². The summed E-state index contributed by atoms with van der Waals surface area (Å²) in [6.07, 6.45) is 1.84. The highest BCUT2D eigenvalue weighted by Crippen LogP contribution is 2.25. The first kappa shape index (κ1) is 15.0. The van der Waals surface area contributed by atoms with Crippen LogP contribution in [0.2, 0.25) is 0 Å². The van der Waals surface area contributed by atoms with Crippen LogP contribution in [0, 0.1) is 0 Å². The summed E-state index contributed by atoms with van der Waals surface area (Å²) >= 11 is 3.44. The van der Waals surface area contributed by atoms with Gasteiger partial charge in [-0.15, -0.1) is 0 Å². The normalized spacial score (nSPS) is 10.3. The average Bonchev–Trinajstić information content (AvgIpc) is 2.33. The molecule has 0 heterocycles. The molecule has 1 rings (SSSR count). The molecule has 0 aliphatic heterocycles. The van der Waals surface area contributed by atoms with Crippen molar-refractivity contribution in [3.8, 4) is 5.75 Å². The molecule has 1 aromatic rings. The molecule has 4 nitrogen and oxygen atoms in total. The topological polar surface area (TPSA) is 58.6 Å². The van der Waals surface area contributed by atoms with Gasteiger partial charge in [-0.3, -0.25) is 4.79 Å². The van der Waals surface area contributed by atoms with Crippen LogP contribution in [0.1, 0.15) is 24.8 Å². The van der Waals surface area contributed by atoms with Crippen LogP contribution in [-0.2, 0) is 11.3 Å². The number of rotatable bonds is 8. The van der Waals surface area contributed by atoms with Gasteiger partial charge in [0.1, 0.15) is 5.75 Å². The van der Waals surface area contributed by atoms with Gasteiger partial charge in [0, 0.05) is 13.0 Å². The molecular weight excluding hydrogens is 298 g/mol. The molecular formula is C13H18BrNO3. The summed E-state index contributed by atoms with van der Waals surface area (Å²) in [5.74, 6) is 0.0919. The summed E-state index contributed by atoms with van der Waals surface area (Å²) in [5, 5.41) is 11.8. The molecule has 0 saturated carbocycles. The Balaban J connectivity index is 2.23. The van der Waals surface area contributed by atoms with E-state index in [1.165, 1.54) is 5.56 Å². The molecule has 18 heavy (non-hydrogen) atoms. The summed E-state index contributed by atoms with van der Waals surface area (Å²) in [4.78, 5) is 10.3. The summed E-state index contributed by atoms with van der Waals surface area (Å²) in [6.45, 7) is 1.60. The Morgan fingerprint density at radius 2 is 2.22 bits per heavy atom. The third kappa shape index (κ3) is 5.51. The molecule has 5 heteroatoms. The van der Waals surface area contributed by atoms with Crippen molar-refractivity contribution in [2.24, 2.45) is 0 Å². The van der Waals surface area contributed by atoms with E-state index in [0.717, 1.165) is 29.7 Å². The Morgan fingerprint density at radius 3 is 2.83 bits per heavy atom. The van der Waals surface area contributed by atoms with Crippen LogP contribution < -0.4 is 10.1 Å². The van der Waals surface area contributed by atoms with Crippen molar-refractivity contribution >= 4 is 21.9 Å². The minimum Gasteiger partial charge on any atom is -0.496 e. The van der Waals surface area contributed by atoms with E-state index >= 15 is 0 Å². The number of carboxylic acid groups (broad SMARTS) is 1. The fourth-order valence-corrected chi connectivity index (χ4v) is 2.17. The van der Waals surface area contributed by atoms with E-state index in [0.29, 0.717) is 6.42 Å². The van der Waals surface area contributed by atoms with Crippen LogP contribution >= 0.6 is 15.9 Å². The third-order valence-electron chi connectivity index (χ3n) is 2.54. The van der Waals surface area contributed by atoms with Crippen LogP contribution in [0.25, 0.3) is 0 Å². The van der Waals surface area contributed by atoms with E-state index in [1.54, 1.807) is 7.11 Å². The lowest BCUT2D eigenvalue weighted by Crippen LogP contribution is -2.15. The molecule has 0 atom stereocenters. The zero-order valence-electron chi connectivity index (χ0n) is 10.4. The van der Waals surface area contributed by atoms with E-state index in [1.807, 2.05) is 18.2 Å². The fraction of sp³-hybridized carbons (Fsp3) is 0.462. The Hall–Kier alpha value is -1.07. The first-order valence-corrected chi connectivity index (χ1v) is 6.67. The molecule has 0 amide bonds. The number of carbonyl (C=O) groups is 1. The van der Waals surface area contributed by atoms with Gasteiger partial charge in [0.05, 0.1) is 11.6 Å². The highest BCUT2D eigenvalue weighted by molar-refractivity contribution is 9.10. The van der Waals surface area contributed by atoms with Gasteiger partial charge in [-0.2, -0.15) is 0 Å². The van der Waals surface area contributed by atoms with Crippen molar-refractivity contribution in [2.45, 2.75) is 25.8 Å². The van der Waals surface area contributed by atoms with Crippen LogP contribution in [0.5, 0.6) is 5.75 Å². The molecule has 0 spiro atoms. The zero-order valence-corrected chi connectivity index (χ0v) is 12.0. The molecule has 0 unspecified atom stereocenters. The number of unbranched alkanes of at least 4 members (excludes halogenated alkanes) is 1. The van der Waals surface area contributed by atoms with Crippen molar-refractivity contribution in [3.63, 3.8) is 0 Å². The van der Waals surface area contributed by atoms with E-state index in [4.69, 9.17) is 9.84 Å². The summed E-state index contributed by atoms with van der Waals surface area (Å²) in [6, 6.07) is 5.95. The first-order chi connectivity index (χ1) is 8.63. The number of benzene rings is 1. The quantitative estimate of drug-likeness (QED) is 0.724. The lowest BCUT2D eigenvalue weighted by Gasteiger charge is -2.07. The molecule has 0 bridgehead atoms. The summed E-state index contributed by atoms with van der Waals surface area (Å²) < 4.78 is 6.10. The summed E-state index contributed by atoms with van der Waals surface area (Å²) in [5.41, 5.74) is 1.17. The molecule has 100 valence electrons. The van der Waals surface area contributed by atoms with Gasteiger partial charge in [-0.25, -0.2) is 0 Å². The largest absolute Gasteiger partial charge is 0.496 e. The molecule has 0 radical (unpaired) electrons. The van der Waals surface area contributed by atoms with Crippen molar-refractivity contribution in [2.75, 3.05) is 13.7 Å². The minimum atomic E-state index is -0.728. The van der Waals surface area contributed by atoms with Gasteiger partial charge in [0.15, 0.2) is 0 Å². The van der Waals surface area contributed by atoms with Crippen LogP contribution in [0.4, 0.5) is 0 Å². The Bertz CT molecular complexity index is 396. The average molecular weight is 316 g/mol. The number of ether oxygens (including phenoxy) is 1. The van der Waals surface area contributed by atoms with Crippen LogP contribution in [-0.4, -0.2) is 24.7 Å². The molecule has 0 aliphatic rings. The number of methoxy groups -OCH3 is 1. The van der Waals surface area contributed by atoms with Gasteiger partial charge in [0.25, 0.3) is 0 Å². The van der Waals surface area contributed by atoms with Crippen molar-refractivity contribution < 1.29 is 14.6 Å².